The van der Waals surface area contributed by atoms with Crippen molar-refractivity contribution in [3.05, 3.63) is 95.3 Å². The van der Waals surface area contributed by atoms with Gasteiger partial charge in [0.25, 0.3) is 0 Å². The fraction of sp³-hybridized carbons (Fsp3) is 0.310. The monoisotopic (exact) mass is 520 g/mol. The van der Waals surface area contributed by atoms with Gasteiger partial charge in [-0.2, -0.15) is 0 Å². The van der Waals surface area contributed by atoms with E-state index in [4.69, 9.17) is 21.7 Å². The Labute approximate surface area is 220 Å². The highest BCUT2D eigenvalue weighted by Gasteiger charge is 2.50. The molecule has 0 aromatic heterocycles. The molecule has 3 aromatic rings. The Morgan fingerprint density at radius 2 is 1.68 bits per heavy atom. The normalized spacial score (nSPS) is 22.2. The lowest BCUT2D eigenvalue weighted by Crippen LogP contribution is -2.54. The maximum Gasteiger partial charge on any atom is 0.413 e. The molecular formula is C29H29FN2O4S. The van der Waals surface area contributed by atoms with Crippen LogP contribution in [0, 0.1) is 11.7 Å². The first-order chi connectivity index (χ1) is 18.0. The SMILES string of the molecule is COC1CC(CO)C(NC(=S)NC(=O)OCC2c3ccccc3-c3ccccc32)(c2ccccc2F)C1. The van der Waals surface area contributed by atoms with Gasteiger partial charge in [-0.15, -0.1) is 0 Å². The summed E-state index contributed by atoms with van der Waals surface area (Å²) >= 11 is 5.46. The van der Waals surface area contributed by atoms with Crippen LogP contribution in [0.15, 0.2) is 72.8 Å². The zero-order valence-corrected chi connectivity index (χ0v) is 21.3. The highest BCUT2D eigenvalue weighted by molar-refractivity contribution is 7.80. The highest BCUT2D eigenvalue weighted by Crippen LogP contribution is 2.46. The molecule has 8 heteroatoms. The average Bonchev–Trinajstić information content (AvgIpc) is 3.43. The highest BCUT2D eigenvalue weighted by atomic mass is 32.1. The van der Waals surface area contributed by atoms with E-state index in [2.05, 4.69) is 22.8 Å². The van der Waals surface area contributed by atoms with Crippen molar-refractivity contribution in [2.75, 3.05) is 20.3 Å². The number of hydrogen-bond donors (Lipinski definition) is 3. The van der Waals surface area contributed by atoms with Gasteiger partial charge in [-0.25, -0.2) is 9.18 Å². The van der Waals surface area contributed by atoms with Crippen LogP contribution < -0.4 is 10.6 Å². The zero-order chi connectivity index (χ0) is 26.0. The molecule has 1 fully saturated rings. The summed E-state index contributed by atoms with van der Waals surface area (Å²) in [6, 6.07) is 22.6. The van der Waals surface area contributed by atoms with Gasteiger partial charge >= 0.3 is 6.09 Å². The third-order valence-electron chi connectivity index (χ3n) is 7.60. The van der Waals surface area contributed by atoms with Gasteiger partial charge in [0.05, 0.1) is 11.6 Å². The molecule has 3 atom stereocenters. The van der Waals surface area contributed by atoms with E-state index in [1.807, 2.05) is 36.4 Å². The number of aliphatic hydroxyl groups is 1. The molecule has 2 aliphatic carbocycles. The predicted molar refractivity (Wildman–Crippen MR) is 143 cm³/mol. The summed E-state index contributed by atoms with van der Waals surface area (Å²) in [5.41, 5.74) is 3.82. The van der Waals surface area contributed by atoms with Crippen molar-refractivity contribution in [3.8, 4) is 11.1 Å². The summed E-state index contributed by atoms with van der Waals surface area (Å²) in [6.45, 7) is -0.0549. The minimum absolute atomic E-state index is 0.00400. The first-order valence-electron chi connectivity index (χ1n) is 12.3. The molecular weight excluding hydrogens is 491 g/mol. The van der Waals surface area contributed by atoms with Gasteiger partial charge in [0, 0.05) is 37.5 Å². The number of carbonyl (C=O) groups excluding carboxylic acids is 1. The van der Waals surface area contributed by atoms with E-state index in [0.29, 0.717) is 18.4 Å². The topological polar surface area (TPSA) is 79.8 Å². The number of aliphatic hydroxyl groups excluding tert-OH is 1. The van der Waals surface area contributed by atoms with E-state index >= 15 is 0 Å². The predicted octanol–water partition coefficient (Wildman–Crippen LogP) is 4.85. The molecule has 1 saturated carbocycles. The standard InChI is InChI=1S/C29H29FN2O4S/c1-35-19-14-18(16-33)29(15-19,25-12-6-7-13-26(25)30)32-27(37)31-28(34)36-17-24-22-10-4-2-8-20(22)21-9-3-5-11-23(21)24/h2-13,18-19,24,33H,14-17H2,1H3,(H2,31,32,34,37). The molecule has 5 rings (SSSR count). The van der Waals surface area contributed by atoms with E-state index in [-0.39, 0.29) is 36.3 Å². The van der Waals surface area contributed by atoms with Crippen LogP contribution in [0.25, 0.3) is 11.1 Å². The molecule has 0 saturated heterocycles. The van der Waals surface area contributed by atoms with E-state index in [1.54, 1.807) is 25.3 Å². The molecule has 1 amide bonds. The number of ether oxygens (including phenoxy) is 2. The fourth-order valence-electron chi connectivity index (χ4n) is 5.87. The number of nitrogens with one attached hydrogen (secondary N) is 2. The summed E-state index contributed by atoms with van der Waals surface area (Å²) in [4.78, 5) is 12.8. The number of amides is 1. The van der Waals surface area contributed by atoms with Crippen molar-refractivity contribution in [3.63, 3.8) is 0 Å². The molecule has 192 valence electrons. The third kappa shape index (κ3) is 4.72. The number of rotatable bonds is 6. The summed E-state index contributed by atoms with van der Waals surface area (Å²) in [6.07, 6.45) is -0.0178. The van der Waals surface area contributed by atoms with E-state index in [0.717, 1.165) is 22.3 Å². The van der Waals surface area contributed by atoms with Crippen LogP contribution in [0.4, 0.5) is 9.18 Å². The molecule has 0 bridgehead atoms. The van der Waals surface area contributed by atoms with Crippen LogP contribution in [-0.2, 0) is 15.0 Å². The molecule has 0 heterocycles. The van der Waals surface area contributed by atoms with E-state index in [9.17, 15) is 14.3 Å². The molecule has 6 nitrogen and oxygen atoms in total. The molecule has 3 aromatic carbocycles. The molecule has 37 heavy (non-hydrogen) atoms. The lowest BCUT2D eigenvalue weighted by Gasteiger charge is -2.37. The van der Waals surface area contributed by atoms with Crippen molar-refractivity contribution in [1.29, 1.82) is 0 Å². The lowest BCUT2D eigenvalue weighted by atomic mass is 9.80. The largest absolute Gasteiger partial charge is 0.448 e. The summed E-state index contributed by atoms with van der Waals surface area (Å²) < 4.78 is 26.1. The van der Waals surface area contributed by atoms with Gasteiger partial charge in [0.1, 0.15) is 12.4 Å². The zero-order valence-electron chi connectivity index (χ0n) is 20.4. The number of benzene rings is 3. The molecule has 0 aliphatic heterocycles. The summed E-state index contributed by atoms with van der Waals surface area (Å²) in [5.74, 6) is -0.883. The number of halogens is 1. The van der Waals surface area contributed by atoms with Crippen LogP contribution >= 0.6 is 12.2 Å². The summed E-state index contributed by atoms with van der Waals surface area (Å²) in [5, 5.41) is 15.9. The second-order valence-electron chi connectivity index (χ2n) is 9.53. The Morgan fingerprint density at radius 3 is 2.30 bits per heavy atom. The van der Waals surface area contributed by atoms with Crippen LogP contribution in [0.1, 0.15) is 35.4 Å². The van der Waals surface area contributed by atoms with Crippen LogP contribution in [0.2, 0.25) is 0 Å². The Bertz CT molecular complexity index is 1270. The quantitative estimate of drug-likeness (QED) is 0.403. The van der Waals surface area contributed by atoms with Crippen molar-refractivity contribution < 1.29 is 23.8 Å². The maximum absolute atomic E-state index is 15.0. The fourth-order valence-corrected chi connectivity index (χ4v) is 6.14. The van der Waals surface area contributed by atoms with E-state index < -0.39 is 17.4 Å². The first kappa shape index (κ1) is 25.3. The van der Waals surface area contributed by atoms with Crippen molar-refractivity contribution in [2.24, 2.45) is 5.92 Å². The van der Waals surface area contributed by atoms with Gasteiger partial charge in [-0.1, -0.05) is 66.7 Å². The molecule has 0 radical (unpaired) electrons. The molecule has 3 unspecified atom stereocenters. The van der Waals surface area contributed by atoms with Gasteiger partial charge in [-0.05, 0) is 47.0 Å². The summed E-state index contributed by atoms with van der Waals surface area (Å²) in [7, 11) is 1.59. The van der Waals surface area contributed by atoms with Crippen molar-refractivity contribution in [1.82, 2.24) is 10.6 Å². The molecule has 3 N–H and O–H groups in total. The van der Waals surface area contributed by atoms with Crippen LogP contribution in [0.5, 0.6) is 0 Å². The Morgan fingerprint density at radius 1 is 1.05 bits per heavy atom. The van der Waals surface area contributed by atoms with Crippen molar-refractivity contribution in [2.45, 2.75) is 30.4 Å². The third-order valence-corrected chi connectivity index (χ3v) is 7.80. The lowest BCUT2D eigenvalue weighted by molar-refractivity contribution is 0.0992. The van der Waals surface area contributed by atoms with Crippen LogP contribution in [0.3, 0.4) is 0 Å². The minimum atomic E-state index is -1.05. The van der Waals surface area contributed by atoms with Gasteiger partial charge in [0.2, 0.25) is 0 Å². The molecule has 2 aliphatic rings. The average molecular weight is 521 g/mol. The minimum Gasteiger partial charge on any atom is -0.448 e. The number of alkyl carbamates (subject to hydrolysis) is 1. The maximum atomic E-state index is 15.0. The second kappa shape index (κ2) is 10.6. The Hall–Kier alpha value is -3.33. The van der Waals surface area contributed by atoms with Gasteiger partial charge in [0.15, 0.2) is 5.11 Å². The first-order valence-corrected chi connectivity index (χ1v) is 12.7. The Balaban J connectivity index is 1.30. The van der Waals surface area contributed by atoms with Gasteiger partial charge < -0.3 is 19.9 Å². The number of thiocarbonyl (C=S) groups is 1. The van der Waals surface area contributed by atoms with Gasteiger partial charge in [-0.3, -0.25) is 5.32 Å². The molecule has 0 spiro atoms. The van der Waals surface area contributed by atoms with Crippen molar-refractivity contribution >= 4 is 23.4 Å². The number of methoxy groups -OCH3 is 1. The number of carbonyl (C=O) groups is 1. The number of hydrogen-bond acceptors (Lipinski definition) is 5. The Kier molecular flexibility index (Phi) is 7.24. The van der Waals surface area contributed by atoms with E-state index in [1.165, 1.54) is 6.07 Å². The second-order valence-corrected chi connectivity index (χ2v) is 9.94. The van der Waals surface area contributed by atoms with Crippen LogP contribution in [-0.4, -0.2) is 42.7 Å². The number of fused-ring (bicyclic) bond motifs is 3. The smallest absolute Gasteiger partial charge is 0.413 e.